The Morgan fingerprint density at radius 1 is 1.19 bits per heavy atom. The third-order valence-corrected chi connectivity index (χ3v) is 4.78. The standard InChI is InChI=1S/C20H28N4O2/c1-21-20(22-14-16-8-3-4-9-18(16)25-2)23-15-17(19-10-7-13-26-19)24-11-5-6-12-24/h3-4,7-10,13,17H,5-6,11-12,14-15H2,1-2H3,(H2,21,22,23). The predicted octanol–water partition coefficient (Wildman–Crippen LogP) is 2.79. The van der Waals surface area contributed by atoms with Crippen LogP contribution in [0.1, 0.15) is 30.2 Å². The van der Waals surface area contributed by atoms with Crippen LogP contribution in [0.3, 0.4) is 0 Å². The molecule has 1 aliphatic rings. The molecule has 6 heteroatoms. The molecule has 0 spiro atoms. The van der Waals surface area contributed by atoms with Crippen molar-refractivity contribution >= 4 is 5.96 Å². The largest absolute Gasteiger partial charge is 0.496 e. The molecule has 2 N–H and O–H groups in total. The van der Waals surface area contributed by atoms with E-state index in [1.165, 1.54) is 12.8 Å². The Kier molecular flexibility index (Phi) is 6.55. The van der Waals surface area contributed by atoms with Gasteiger partial charge in [-0.05, 0) is 44.1 Å². The van der Waals surface area contributed by atoms with Gasteiger partial charge in [0.25, 0.3) is 0 Å². The SMILES string of the molecule is CN=C(NCc1ccccc1OC)NCC(c1ccco1)N1CCCC1. The minimum absolute atomic E-state index is 0.220. The van der Waals surface area contributed by atoms with Gasteiger partial charge < -0.3 is 19.8 Å². The number of aliphatic imine (C=N–C) groups is 1. The zero-order chi connectivity index (χ0) is 18.2. The highest BCUT2D eigenvalue weighted by Crippen LogP contribution is 2.24. The van der Waals surface area contributed by atoms with E-state index in [1.807, 2.05) is 24.3 Å². The Morgan fingerprint density at radius 2 is 2.00 bits per heavy atom. The van der Waals surface area contributed by atoms with Crippen molar-refractivity contribution in [2.24, 2.45) is 4.99 Å². The third kappa shape index (κ3) is 4.58. The lowest BCUT2D eigenvalue weighted by molar-refractivity contribution is 0.215. The summed E-state index contributed by atoms with van der Waals surface area (Å²) in [4.78, 5) is 6.81. The number of hydrogen-bond acceptors (Lipinski definition) is 4. The van der Waals surface area contributed by atoms with Gasteiger partial charge in [-0.3, -0.25) is 9.89 Å². The Bertz CT molecular complexity index is 694. The minimum Gasteiger partial charge on any atom is -0.496 e. The lowest BCUT2D eigenvalue weighted by atomic mass is 10.2. The molecule has 0 aliphatic carbocycles. The number of rotatable bonds is 7. The molecule has 3 rings (SSSR count). The molecule has 2 heterocycles. The van der Waals surface area contributed by atoms with E-state index in [-0.39, 0.29) is 6.04 Å². The third-order valence-electron chi connectivity index (χ3n) is 4.78. The molecule has 1 aliphatic heterocycles. The summed E-state index contributed by atoms with van der Waals surface area (Å²) < 4.78 is 11.1. The van der Waals surface area contributed by atoms with Crippen LogP contribution in [0.15, 0.2) is 52.1 Å². The zero-order valence-electron chi connectivity index (χ0n) is 15.6. The number of nitrogens with one attached hydrogen (secondary N) is 2. The van der Waals surface area contributed by atoms with Crippen LogP contribution in [0.5, 0.6) is 5.75 Å². The number of likely N-dealkylation sites (tertiary alicyclic amines) is 1. The van der Waals surface area contributed by atoms with Crippen LogP contribution in [0.25, 0.3) is 0 Å². The molecule has 0 radical (unpaired) electrons. The normalized spacial score (nSPS) is 16.5. The van der Waals surface area contributed by atoms with E-state index in [4.69, 9.17) is 9.15 Å². The van der Waals surface area contributed by atoms with Crippen LogP contribution in [0, 0.1) is 0 Å². The van der Waals surface area contributed by atoms with Gasteiger partial charge in [0.2, 0.25) is 0 Å². The van der Waals surface area contributed by atoms with Crippen LogP contribution in [-0.2, 0) is 6.54 Å². The topological polar surface area (TPSA) is 62.0 Å². The summed E-state index contributed by atoms with van der Waals surface area (Å²) >= 11 is 0. The molecule has 2 aromatic rings. The molecule has 1 atom stereocenters. The van der Waals surface area contributed by atoms with Crippen LogP contribution in [-0.4, -0.2) is 44.7 Å². The van der Waals surface area contributed by atoms with E-state index >= 15 is 0 Å². The van der Waals surface area contributed by atoms with Gasteiger partial charge >= 0.3 is 0 Å². The maximum absolute atomic E-state index is 5.68. The van der Waals surface area contributed by atoms with Gasteiger partial charge in [0.15, 0.2) is 5.96 Å². The van der Waals surface area contributed by atoms with Crippen molar-refractivity contribution in [3.05, 3.63) is 54.0 Å². The van der Waals surface area contributed by atoms with Crippen molar-refractivity contribution in [1.29, 1.82) is 0 Å². The fraction of sp³-hybridized carbons (Fsp3) is 0.450. The number of furan rings is 1. The molecule has 0 amide bonds. The number of benzene rings is 1. The van der Waals surface area contributed by atoms with Gasteiger partial charge in [-0.15, -0.1) is 0 Å². The second kappa shape index (κ2) is 9.29. The maximum atomic E-state index is 5.68. The summed E-state index contributed by atoms with van der Waals surface area (Å²) in [7, 11) is 3.48. The molecular formula is C20H28N4O2. The lowest BCUT2D eigenvalue weighted by Gasteiger charge is -2.26. The van der Waals surface area contributed by atoms with Crippen molar-refractivity contribution in [2.75, 3.05) is 33.8 Å². The number of ether oxygens (including phenoxy) is 1. The van der Waals surface area contributed by atoms with E-state index < -0.39 is 0 Å². The molecule has 1 unspecified atom stereocenters. The van der Waals surface area contributed by atoms with E-state index in [9.17, 15) is 0 Å². The van der Waals surface area contributed by atoms with Crippen molar-refractivity contribution in [3.63, 3.8) is 0 Å². The number of methoxy groups -OCH3 is 1. The van der Waals surface area contributed by atoms with Gasteiger partial charge in [0, 0.05) is 25.7 Å². The Labute approximate surface area is 155 Å². The van der Waals surface area contributed by atoms with Gasteiger partial charge in [-0.1, -0.05) is 18.2 Å². The van der Waals surface area contributed by atoms with E-state index in [0.717, 1.165) is 42.7 Å². The molecule has 1 saturated heterocycles. The molecular weight excluding hydrogens is 328 g/mol. The lowest BCUT2D eigenvalue weighted by Crippen LogP contribution is -2.42. The summed E-state index contributed by atoms with van der Waals surface area (Å²) in [5.74, 6) is 2.65. The highest BCUT2D eigenvalue weighted by atomic mass is 16.5. The smallest absolute Gasteiger partial charge is 0.191 e. The fourth-order valence-corrected chi connectivity index (χ4v) is 3.39. The van der Waals surface area contributed by atoms with Crippen LogP contribution >= 0.6 is 0 Å². The van der Waals surface area contributed by atoms with Crippen LogP contribution in [0.2, 0.25) is 0 Å². The van der Waals surface area contributed by atoms with Gasteiger partial charge in [-0.2, -0.15) is 0 Å². The van der Waals surface area contributed by atoms with Crippen molar-refractivity contribution in [2.45, 2.75) is 25.4 Å². The van der Waals surface area contributed by atoms with Gasteiger partial charge in [-0.25, -0.2) is 0 Å². The van der Waals surface area contributed by atoms with Crippen molar-refractivity contribution in [3.8, 4) is 5.75 Å². The Hall–Kier alpha value is -2.47. The molecule has 0 saturated carbocycles. The van der Waals surface area contributed by atoms with E-state index in [1.54, 1.807) is 20.4 Å². The highest BCUT2D eigenvalue weighted by Gasteiger charge is 2.25. The maximum Gasteiger partial charge on any atom is 0.191 e. The summed E-state index contributed by atoms with van der Waals surface area (Å²) in [5.41, 5.74) is 1.10. The quantitative estimate of drug-likeness (QED) is 0.590. The molecule has 26 heavy (non-hydrogen) atoms. The summed E-state index contributed by atoms with van der Waals surface area (Å²) in [6, 6.07) is 12.2. The van der Waals surface area contributed by atoms with E-state index in [0.29, 0.717) is 6.54 Å². The second-order valence-electron chi connectivity index (χ2n) is 6.39. The number of hydrogen-bond donors (Lipinski definition) is 2. The molecule has 6 nitrogen and oxygen atoms in total. The molecule has 140 valence electrons. The zero-order valence-corrected chi connectivity index (χ0v) is 15.6. The second-order valence-corrected chi connectivity index (χ2v) is 6.39. The predicted molar refractivity (Wildman–Crippen MR) is 103 cm³/mol. The first-order valence-corrected chi connectivity index (χ1v) is 9.15. The molecule has 1 fully saturated rings. The Morgan fingerprint density at radius 3 is 2.69 bits per heavy atom. The summed E-state index contributed by atoms with van der Waals surface area (Å²) in [6.07, 6.45) is 4.24. The Balaban J connectivity index is 1.58. The van der Waals surface area contributed by atoms with Gasteiger partial charge in [0.1, 0.15) is 11.5 Å². The fourth-order valence-electron chi connectivity index (χ4n) is 3.39. The number of guanidine groups is 1. The number of para-hydroxylation sites is 1. The average Bonchev–Trinajstić information content (AvgIpc) is 3.39. The summed E-state index contributed by atoms with van der Waals surface area (Å²) in [5, 5.41) is 6.80. The van der Waals surface area contributed by atoms with E-state index in [2.05, 4.69) is 32.7 Å². The first-order chi connectivity index (χ1) is 12.8. The number of nitrogens with zero attached hydrogens (tertiary/aromatic N) is 2. The van der Waals surface area contributed by atoms with Crippen LogP contribution < -0.4 is 15.4 Å². The van der Waals surface area contributed by atoms with Crippen molar-refractivity contribution < 1.29 is 9.15 Å². The highest BCUT2D eigenvalue weighted by molar-refractivity contribution is 5.79. The van der Waals surface area contributed by atoms with Crippen LogP contribution in [0.4, 0.5) is 0 Å². The van der Waals surface area contributed by atoms with Gasteiger partial charge in [0.05, 0.1) is 19.4 Å². The first-order valence-electron chi connectivity index (χ1n) is 9.15. The summed E-state index contributed by atoms with van der Waals surface area (Å²) in [6.45, 7) is 3.62. The molecule has 1 aromatic carbocycles. The first kappa shape index (κ1) is 18.3. The molecule has 0 bridgehead atoms. The van der Waals surface area contributed by atoms with Crippen molar-refractivity contribution in [1.82, 2.24) is 15.5 Å². The monoisotopic (exact) mass is 356 g/mol. The average molecular weight is 356 g/mol. The molecule has 1 aromatic heterocycles. The minimum atomic E-state index is 0.220.